The number of ether oxygens (including phenoxy) is 1. The molecule has 0 spiro atoms. The summed E-state index contributed by atoms with van der Waals surface area (Å²) in [6, 6.07) is 11.8. The normalized spacial score (nSPS) is 17.9. The van der Waals surface area contributed by atoms with Gasteiger partial charge in [0.25, 0.3) is 5.91 Å². The number of nitrogens with one attached hydrogen (secondary N) is 1. The lowest BCUT2D eigenvalue weighted by Gasteiger charge is -2.32. The molecule has 28 heavy (non-hydrogen) atoms. The molecule has 0 bridgehead atoms. The van der Waals surface area contributed by atoms with E-state index in [4.69, 9.17) is 4.74 Å². The average Bonchev–Trinajstić information content (AvgIpc) is 2.69. The van der Waals surface area contributed by atoms with E-state index < -0.39 is 10.0 Å². The monoisotopic (exact) mass is 402 g/mol. The van der Waals surface area contributed by atoms with Gasteiger partial charge in [-0.1, -0.05) is 24.1 Å². The number of carbonyl (C=O) groups excluding carboxylic acids is 1. The highest BCUT2D eigenvalue weighted by molar-refractivity contribution is 7.89. The molecule has 1 amide bonds. The largest absolute Gasteiger partial charge is 0.495 e. The first-order valence-corrected chi connectivity index (χ1v) is 10.8. The Balaban J connectivity index is 1.93. The number of carbonyl (C=O) groups is 1. The minimum atomic E-state index is -3.76. The Bertz CT molecular complexity index is 955. The van der Waals surface area contributed by atoms with Crippen LogP contribution in [-0.2, 0) is 10.0 Å². The molecule has 7 heteroatoms. The predicted molar refractivity (Wildman–Crippen MR) is 109 cm³/mol. The maximum absolute atomic E-state index is 13.3. The first-order valence-electron chi connectivity index (χ1n) is 9.41. The molecule has 3 rings (SSSR count). The van der Waals surface area contributed by atoms with Crippen LogP contribution in [0.5, 0.6) is 5.75 Å². The van der Waals surface area contributed by atoms with Crippen LogP contribution < -0.4 is 10.1 Å². The zero-order valence-electron chi connectivity index (χ0n) is 16.4. The number of hydrogen-bond acceptors (Lipinski definition) is 4. The van der Waals surface area contributed by atoms with Crippen LogP contribution in [0.2, 0.25) is 0 Å². The smallest absolute Gasteiger partial charge is 0.255 e. The van der Waals surface area contributed by atoms with E-state index >= 15 is 0 Å². The van der Waals surface area contributed by atoms with Gasteiger partial charge >= 0.3 is 0 Å². The van der Waals surface area contributed by atoms with Gasteiger partial charge in [0.1, 0.15) is 10.6 Å². The summed E-state index contributed by atoms with van der Waals surface area (Å²) >= 11 is 0. The van der Waals surface area contributed by atoms with Crippen molar-refractivity contribution < 1.29 is 17.9 Å². The topological polar surface area (TPSA) is 75.7 Å². The van der Waals surface area contributed by atoms with E-state index in [1.165, 1.54) is 23.5 Å². The maximum Gasteiger partial charge on any atom is 0.255 e. The molecule has 1 aliphatic rings. The number of methoxy groups -OCH3 is 1. The maximum atomic E-state index is 13.3. The number of benzene rings is 2. The highest BCUT2D eigenvalue weighted by Crippen LogP contribution is 2.31. The van der Waals surface area contributed by atoms with Gasteiger partial charge in [0.2, 0.25) is 10.0 Å². The summed E-state index contributed by atoms with van der Waals surface area (Å²) in [4.78, 5) is 12.7. The van der Waals surface area contributed by atoms with Gasteiger partial charge in [-0.3, -0.25) is 4.79 Å². The van der Waals surface area contributed by atoms with Crippen molar-refractivity contribution in [3.63, 3.8) is 0 Å². The van der Waals surface area contributed by atoms with Crippen molar-refractivity contribution >= 4 is 21.6 Å². The highest BCUT2D eigenvalue weighted by Gasteiger charge is 2.33. The summed E-state index contributed by atoms with van der Waals surface area (Å²) in [5.41, 5.74) is 2.01. The lowest BCUT2D eigenvalue weighted by Crippen LogP contribution is -2.42. The minimum absolute atomic E-state index is 0.0281. The molecule has 150 valence electrons. The zero-order chi connectivity index (χ0) is 20.3. The Morgan fingerprint density at radius 3 is 2.50 bits per heavy atom. The molecule has 2 aromatic rings. The second kappa shape index (κ2) is 8.32. The third kappa shape index (κ3) is 4.20. The SMILES string of the molecule is COc1ccc(C(=O)Nc2ccc(C)cc2)cc1S(=O)(=O)N1CCCC[C@H]1C. The van der Waals surface area contributed by atoms with Crippen molar-refractivity contribution in [2.24, 2.45) is 0 Å². The van der Waals surface area contributed by atoms with Gasteiger partial charge in [-0.25, -0.2) is 8.42 Å². The van der Waals surface area contributed by atoms with Crippen LogP contribution in [0.4, 0.5) is 5.69 Å². The van der Waals surface area contributed by atoms with Gasteiger partial charge < -0.3 is 10.1 Å². The number of amides is 1. The number of aryl methyl sites for hydroxylation is 1. The van der Waals surface area contributed by atoms with E-state index in [2.05, 4.69) is 5.32 Å². The fraction of sp³-hybridized carbons (Fsp3) is 0.381. The fourth-order valence-electron chi connectivity index (χ4n) is 3.41. The molecule has 2 aromatic carbocycles. The quantitative estimate of drug-likeness (QED) is 0.825. The third-order valence-electron chi connectivity index (χ3n) is 5.06. The van der Waals surface area contributed by atoms with E-state index in [-0.39, 0.29) is 28.2 Å². The summed E-state index contributed by atoms with van der Waals surface area (Å²) < 4.78 is 33.3. The van der Waals surface area contributed by atoms with E-state index in [0.29, 0.717) is 12.2 Å². The van der Waals surface area contributed by atoms with Gasteiger partial charge in [-0.05, 0) is 57.0 Å². The molecule has 0 aliphatic carbocycles. The van der Waals surface area contributed by atoms with Crippen molar-refractivity contribution in [1.29, 1.82) is 0 Å². The molecule has 1 heterocycles. The first kappa shape index (κ1) is 20.4. The van der Waals surface area contributed by atoms with E-state index in [9.17, 15) is 13.2 Å². The summed E-state index contributed by atoms with van der Waals surface area (Å²) in [6.45, 7) is 4.36. The Hall–Kier alpha value is -2.38. The number of sulfonamides is 1. The predicted octanol–water partition coefficient (Wildman–Crippen LogP) is 3.82. The number of anilines is 1. The second-order valence-corrected chi connectivity index (χ2v) is 9.01. The Morgan fingerprint density at radius 2 is 1.86 bits per heavy atom. The van der Waals surface area contributed by atoms with Crippen LogP contribution in [-0.4, -0.2) is 38.3 Å². The van der Waals surface area contributed by atoms with E-state index in [1.54, 1.807) is 6.07 Å². The summed E-state index contributed by atoms with van der Waals surface area (Å²) in [5, 5.41) is 2.80. The fourth-order valence-corrected chi connectivity index (χ4v) is 5.30. The number of rotatable bonds is 5. The number of hydrogen-bond donors (Lipinski definition) is 1. The standard InChI is InChI=1S/C21H26N2O4S/c1-15-7-10-18(11-8-15)22-21(24)17-9-12-19(27-3)20(14-17)28(25,26)23-13-5-4-6-16(23)2/h7-12,14,16H,4-6,13H2,1-3H3,(H,22,24)/t16-/m1/s1. The first-order chi connectivity index (χ1) is 13.3. The van der Waals surface area contributed by atoms with Crippen molar-refractivity contribution in [3.8, 4) is 5.75 Å². The molecule has 0 radical (unpaired) electrons. The number of nitrogens with zero attached hydrogens (tertiary/aromatic N) is 1. The molecule has 0 aromatic heterocycles. The molecule has 1 atom stereocenters. The lowest BCUT2D eigenvalue weighted by atomic mass is 10.1. The van der Waals surface area contributed by atoms with Gasteiger partial charge in [0.05, 0.1) is 7.11 Å². The molecule has 0 unspecified atom stereocenters. The van der Waals surface area contributed by atoms with Crippen molar-refractivity contribution in [1.82, 2.24) is 4.31 Å². The van der Waals surface area contributed by atoms with Crippen LogP contribution in [0.25, 0.3) is 0 Å². The molecule has 0 saturated carbocycles. The molecule has 1 aliphatic heterocycles. The zero-order valence-corrected chi connectivity index (χ0v) is 17.3. The third-order valence-corrected chi connectivity index (χ3v) is 7.10. The van der Waals surface area contributed by atoms with E-state index in [1.807, 2.05) is 38.1 Å². The summed E-state index contributed by atoms with van der Waals surface area (Å²) in [6.07, 6.45) is 2.68. The lowest BCUT2D eigenvalue weighted by molar-refractivity contribution is 0.102. The van der Waals surface area contributed by atoms with Gasteiger partial charge in [0, 0.05) is 23.8 Å². The second-order valence-electron chi connectivity index (χ2n) is 7.15. The molecular weight excluding hydrogens is 376 g/mol. The van der Waals surface area contributed by atoms with E-state index in [0.717, 1.165) is 24.8 Å². The van der Waals surface area contributed by atoms with Gasteiger partial charge in [-0.2, -0.15) is 4.31 Å². The molecule has 1 fully saturated rings. The Kier molecular flexibility index (Phi) is 6.05. The molecule has 1 N–H and O–H groups in total. The minimum Gasteiger partial charge on any atom is -0.495 e. The molecule has 6 nitrogen and oxygen atoms in total. The Labute approximate surface area is 166 Å². The molecular formula is C21H26N2O4S. The summed E-state index contributed by atoms with van der Waals surface area (Å²) in [7, 11) is -2.33. The van der Waals surface area contributed by atoms with Crippen LogP contribution in [0.15, 0.2) is 47.4 Å². The van der Waals surface area contributed by atoms with Gasteiger partial charge in [-0.15, -0.1) is 0 Å². The van der Waals surface area contributed by atoms with Crippen LogP contribution in [0.3, 0.4) is 0 Å². The van der Waals surface area contributed by atoms with Gasteiger partial charge in [0.15, 0.2) is 0 Å². The van der Waals surface area contributed by atoms with Crippen LogP contribution in [0, 0.1) is 6.92 Å². The Morgan fingerprint density at radius 1 is 1.14 bits per heavy atom. The average molecular weight is 403 g/mol. The van der Waals surface area contributed by atoms with Crippen LogP contribution >= 0.6 is 0 Å². The van der Waals surface area contributed by atoms with Crippen molar-refractivity contribution in [2.75, 3.05) is 19.0 Å². The number of piperidine rings is 1. The highest BCUT2D eigenvalue weighted by atomic mass is 32.2. The molecule has 1 saturated heterocycles. The van der Waals surface area contributed by atoms with Crippen LogP contribution in [0.1, 0.15) is 42.1 Å². The van der Waals surface area contributed by atoms with Crippen molar-refractivity contribution in [2.45, 2.75) is 44.0 Å². The summed E-state index contributed by atoms with van der Waals surface area (Å²) in [5.74, 6) is -0.126. The van der Waals surface area contributed by atoms with Crippen molar-refractivity contribution in [3.05, 3.63) is 53.6 Å².